The van der Waals surface area contributed by atoms with Gasteiger partial charge in [-0.25, -0.2) is 0 Å². The Labute approximate surface area is 180 Å². The van der Waals surface area contributed by atoms with Gasteiger partial charge in [0.2, 0.25) is 0 Å². The zero-order valence-corrected chi connectivity index (χ0v) is 17.8. The molecule has 1 aromatic carbocycles. The summed E-state index contributed by atoms with van der Waals surface area (Å²) in [5.74, 6) is 1.60. The second-order valence-corrected chi connectivity index (χ2v) is 7.80. The van der Waals surface area contributed by atoms with Crippen LogP contribution in [0.3, 0.4) is 0 Å². The number of aryl methyl sites for hydroxylation is 1. The summed E-state index contributed by atoms with van der Waals surface area (Å²) in [6.45, 7) is 3.26. The molecule has 0 bridgehead atoms. The summed E-state index contributed by atoms with van der Waals surface area (Å²) >= 11 is 11.8. The Kier molecular flexibility index (Phi) is 5.85. The van der Waals surface area contributed by atoms with Crippen LogP contribution in [-0.4, -0.2) is 35.3 Å². The molecule has 3 aromatic rings. The van der Waals surface area contributed by atoms with E-state index in [9.17, 15) is 0 Å². The van der Waals surface area contributed by atoms with E-state index in [2.05, 4.69) is 15.2 Å². The Morgan fingerprint density at radius 1 is 1.24 bits per heavy atom. The minimum absolute atomic E-state index is 0.111. The predicted octanol–water partition coefficient (Wildman–Crippen LogP) is 4.92. The van der Waals surface area contributed by atoms with E-state index < -0.39 is 0 Å². The Morgan fingerprint density at radius 3 is 2.86 bits per heavy atom. The molecule has 2 atom stereocenters. The number of benzene rings is 1. The van der Waals surface area contributed by atoms with Gasteiger partial charge in [-0.3, -0.25) is 4.98 Å². The van der Waals surface area contributed by atoms with Crippen LogP contribution in [0.5, 0.6) is 0 Å². The first kappa shape index (κ1) is 19.9. The molecule has 0 radical (unpaired) electrons. The minimum Gasteiger partial charge on any atom is -0.459 e. The number of ether oxygens (including phenoxy) is 1. The summed E-state index contributed by atoms with van der Waals surface area (Å²) in [5.41, 5.74) is 3.00. The predicted molar refractivity (Wildman–Crippen MR) is 118 cm³/mol. The van der Waals surface area contributed by atoms with Crippen LogP contribution in [0, 0.1) is 6.92 Å². The number of halogens is 1. The van der Waals surface area contributed by atoms with Gasteiger partial charge in [0.05, 0.1) is 18.3 Å². The highest BCUT2D eigenvalue weighted by Gasteiger charge is 2.41. The molecule has 3 heterocycles. The number of nitrogens with one attached hydrogen (secondary N) is 1. The van der Waals surface area contributed by atoms with Crippen molar-refractivity contribution in [3.8, 4) is 11.3 Å². The molecule has 1 saturated heterocycles. The van der Waals surface area contributed by atoms with Gasteiger partial charge in [0.15, 0.2) is 5.11 Å². The van der Waals surface area contributed by atoms with Crippen molar-refractivity contribution in [3.63, 3.8) is 0 Å². The number of furan rings is 1. The van der Waals surface area contributed by atoms with Crippen LogP contribution in [0.4, 0.5) is 0 Å². The molecule has 150 valence electrons. The number of thiocarbonyl (C=S) groups is 1. The zero-order valence-electron chi connectivity index (χ0n) is 16.3. The smallest absolute Gasteiger partial charge is 0.170 e. The van der Waals surface area contributed by atoms with Crippen LogP contribution < -0.4 is 5.32 Å². The highest BCUT2D eigenvalue weighted by atomic mass is 35.5. The van der Waals surface area contributed by atoms with Gasteiger partial charge >= 0.3 is 0 Å². The normalized spacial score (nSPS) is 18.9. The second-order valence-electron chi connectivity index (χ2n) is 6.97. The van der Waals surface area contributed by atoms with E-state index in [0.717, 1.165) is 28.3 Å². The molecular formula is C22H22ClN3O2S. The lowest BCUT2D eigenvalue weighted by Gasteiger charge is -2.25. The fraction of sp³-hybridized carbons (Fsp3) is 0.273. The molecule has 1 aliphatic heterocycles. The third kappa shape index (κ3) is 4.01. The van der Waals surface area contributed by atoms with E-state index in [4.69, 9.17) is 33.0 Å². The molecule has 2 aromatic heterocycles. The maximum atomic E-state index is 6.33. The number of aromatic nitrogens is 1. The van der Waals surface area contributed by atoms with E-state index >= 15 is 0 Å². The van der Waals surface area contributed by atoms with E-state index in [1.807, 2.05) is 55.5 Å². The average Bonchev–Trinajstić information content (AvgIpc) is 3.33. The minimum atomic E-state index is -0.124. The maximum Gasteiger partial charge on any atom is 0.170 e. The molecule has 1 fully saturated rings. The SMILES string of the molecule is COCCN1C(=S)N[C@@H](c2ccccn2)[C@@H]1c1ccc(-c2cc(Cl)ccc2C)o1. The fourth-order valence-electron chi connectivity index (χ4n) is 3.66. The fourth-order valence-corrected chi connectivity index (χ4v) is 4.17. The van der Waals surface area contributed by atoms with Gasteiger partial charge in [0, 0.05) is 30.4 Å². The first-order chi connectivity index (χ1) is 14.1. The lowest BCUT2D eigenvalue weighted by atomic mass is 10.0. The number of hydrogen-bond donors (Lipinski definition) is 1. The van der Waals surface area contributed by atoms with Crippen molar-refractivity contribution in [2.75, 3.05) is 20.3 Å². The number of pyridine rings is 1. The Hall–Kier alpha value is -2.41. The molecule has 0 aliphatic carbocycles. The first-order valence-electron chi connectivity index (χ1n) is 9.41. The molecule has 1 aliphatic rings. The van der Waals surface area contributed by atoms with Crippen molar-refractivity contribution < 1.29 is 9.15 Å². The lowest BCUT2D eigenvalue weighted by molar-refractivity contribution is 0.158. The second kappa shape index (κ2) is 8.53. The summed E-state index contributed by atoms with van der Waals surface area (Å²) < 4.78 is 11.6. The number of rotatable bonds is 6. The zero-order chi connectivity index (χ0) is 20.4. The Balaban J connectivity index is 1.73. The Morgan fingerprint density at radius 2 is 2.10 bits per heavy atom. The molecule has 7 heteroatoms. The van der Waals surface area contributed by atoms with Gasteiger partial charge < -0.3 is 19.4 Å². The summed E-state index contributed by atoms with van der Waals surface area (Å²) in [7, 11) is 1.69. The van der Waals surface area contributed by atoms with Crippen molar-refractivity contribution in [1.29, 1.82) is 0 Å². The number of nitrogens with zero attached hydrogens (tertiary/aromatic N) is 2. The first-order valence-corrected chi connectivity index (χ1v) is 10.2. The molecule has 0 saturated carbocycles. The van der Waals surface area contributed by atoms with E-state index in [0.29, 0.717) is 23.3 Å². The third-order valence-corrected chi connectivity index (χ3v) is 5.70. The maximum absolute atomic E-state index is 6.33. The molecule has 4 rings (SSSR count). The van der Waals surface area contributed by atoms with Crippen LogP contribution >= 0.6 is 23.8 Å². The van der Waals surface area contributed by atoms with Gasteiger partial charge in [0.25, 0.3) is 0 Å². The van der Waals surface area contributed by atoms with Crippen molar-refractivity contribution >= 4 is 28.9 Å². The molecule has 5 nitrogen and oxygen atoms in total. The summed E-state index contributed by atoms with van der Waals surface area (Å²) in [4.78, 5) is 6.64. The van der Waals surface area contributed by atoms with Gasteiger partial charge in [-0.1, -0.05) is 23.7 Å². The number of hydrogen-bond acceptors (Lipinski definition) is 4. The summed E-state index contributed by atoms with van der Waals surface area (Å²) in [6.07, 6.45) is 1.79. The Bertz CT molecular complexity index is 1010. The van der Waals surface area contributed by atoms with Gasteiger partial charge in [-0.15, -0.1) is 0 Å². The van der Waals surface area contributed by atoms with Gasteiger partial charge in [0.1, 0.15) is 17.6 Å². The van der Waals surface area contributed by atoms with Crippen LogP contribution in [0.1, 0.15) is 29.1 Å². The highest BCUT2D eigenvalue weighted by Crippen LogP contribution is 2.40. The van der Waals surface area contributed by atoms with Crippen molar-refractivity contribution in [2.45, 2.75) is 19.0 Å². The van der Waals surface area contributed by atoms with E-state index in [1.165, 1.54) is 0 Å². The van der Waals surface area contributed by atoms with E-state index in [1.54, 1.807) is 13.3 Å². The van der Waals surface area contributed by atoms with Crippen molar-refractivity contribution in [1.82, 2.24) is 15.2 Å². The van der Waals surface area contributed by atoms with Crippen LogP contribution in [0.2, 0.25) is 5.02 Å². The van der Waals surface area contributed by atoms with Crippen molar-refractivity contribution in [2.24, 2.45) is 0 Å². The van der Waals surface area contributed by atoms with Crippen LogP contribution in [-0.2, 0) is 4.74 Å². The van der Waals surface area contributed by atoms with Gasteiger partial charge in [-0.2, -0.15) is 0 Å². The average molecular weight is 428 g/mol. The third-order valence-electron chi connectivity index (χ3n) is 5.12. The summed E-state index contributed by atoms with van der Waals surface area (Å²) in [5, 5.41) is 4.75. The molecule has 29 heavy (non-hydrogen) atoms. The van der Waals surface area contributed by atoms with Crippen LogP contribution in [0.25, 0.3) is 11.3 Å². The molecular weight excluding hydrogens is 406 g/mol. The quantitative estimate of drug-likeness (QED) is 0.563. The standard InChI is InChI=1S/C22H22ClN3O2S/c1-14-6-7-15(23)13-16(14)18-8-9-19(28-18)21-20(17-5-3-4-10-24-17)25-22(29)26(21)11-12-27-2/h3-10,13,20-21H,11-12H2,1-2H3,(H,25,29)/t20-,21-/m0/s1. The van der Waals surface area contributed by atoms with E-state index in [-0.39, 0.29) is 12.1 Å². The number of methoxy groups -OCH3 is 1. The monoisotopic (exact) mass is 427 g/mol. The highest BCUT2D eigenvalue weighted by molar-refractivity contribution is 7.80. The van der Waals surface area contributed by atoms with Gasteiger partial charge in [-0.05, 0) is 61.1 Å². The van der Waals surface area contributed by atoms with Crippen molar-refractivity contribution in [3.05, 3.63) is 76.8 Å². The topological polar surface area (TPSA) is 50.5 Å². The van der Waals surface area contributed by atoms with Crippen LogP contribution in [0.15, 0.2) is 59.1 Å². The molecule has 0 spiro atoms. The lowest BCUT2D eigenvalue weighted by Crippen LogP contribution is -2.32. The molecule has 0 amide bonds. The molecule has 0 unspecified atom stereocenters. The largest absolute Gasteiger partial charge is 0.459 e. The molecule has 1 N–H and O–H groups in total. The summed E-state index contributed by atoms with van der Waals surface area (Å²) in [6, 6.07) is 15.4.